The summed E-state index contributed by atoms with van der Waals surface area (Å²) in [5.74, 6) is -0.257. The van der Waals surface area contributed by atoms with Crippen molar-refractivity contribution in [3.8, 4) is 0 Å². The molecule has 1 unspecified atom stereocenters. The first-order valence-corrected chi connectivity index (χ1v) is 11.2. The number of benzene rings is 2. The molecule has 0 saturated heterocycles. The Kier molecular flexibility index (Phi) is 9.67. The molecule has 162 valence electrons. The molecule has 0 aromatic heterocycles. The summed E-state index contributed by atoms with van der Waals surface area (Å²) >= 11 is 12.3. The predicted molar refractivity (Wildman–Crippen MR) is 124 cm³/mol. The third-order valence-electron chi connectivity index (χ3n) is 5.01. The molecule has 0 heterocycles. The fourth-order valence-electron chi connectivity index (χ4n) is 3.36. The molecule has 0 bridgehead atoms. The smallest absolute Gasteiger partial charge is 0.242 e. The van der Waals surface area contributed by atoms with E-state index in [-0.39, 0.29) is 18.2 Å². The average Bonchev–Trinajstić information content (AvgIpc) is 2.70. The van der Waals surface area contributed by atoms with Gasteiger partial charge in [0.05, 0.1) is 6.42 Å². The lowest BCUT2D eigenvalue weighted by molar-refractivity contribution is -0.140. The van der Waals surface area contributed by atoms with Gasteiger partial charge in [0.1, 0.15) is 6.04 Å². The molecule has 4 nitrogen and oxygen atoms in total. The molecular weight excluding hydrogens is 419 g/mol. The molecule has 6 heteroatoms. The maximum absolute atomic E-state index is 13.3. The highest BCUT2D eigenvalue weighted by atomic mass is 35.5. The van der Waals surface area contributed by atoms with E-state index in [4.69, 9.17) is 23.2 Å². The van der Waals surface area contributed by atoms with Gasteiger partial charge < -0.3 is 10.2 Å². The molecule has 2 aromatic carbocycles. The summed E-state index contributed by atoms with van der Waals surface area (Å²) in [4.78, 5) is 27.9. The number of aryl methyl sites for hydroxylation is 1. The summed E-state index contributed by atoms with van der Waals surface area (Å²) in [5, 5.41) is 3.95. The van der Waals surface area contributed by atoms with Gasteiger partial charge in [-0.1, -0.05) is 79.4 Å². The van der Waals surface area contributed by atoms with E-state index >= 15 is 0 Å². The third-order valence-corrected chi connectivity index (χ3v) is 5.59. The maximum atomic E-state index is 13.3. The van der Waals surface area contributed by atoms with E-state index < -0.39 is 6.04 Å². The summed E-state index contributed by atoms with van der Waals surface area (Å²) in [5.41, 5.74) is 2.80. The van der Waals surface area contributed by atoms with Gasteiger partial charge in [-0.2, -0.15) is 0 Å². The van der Waals surface area contributed by atoms with Gasteiger partial charge in [-0.15, -0.1) is 0 Å². The van der Waals surface area contributed by atoms with E-state index in [9.17, 15) is 9.59 Å². The number of nitrogens with zero attached hydrogens (tertiary/aromatic N) is 1. The van der Waals surface area contributed by atoms with Crippen molar-refractivity contribution in [1.29, 1.82) is 0 Å². The highest BCUT2D eigenvalue weighted by Crippen LogP contribution is 2.23. The molecule has 0 spiro atoms. The predicted octanol–water partition coefficient (Wildman–Crippen LogP) is 5.57. The van der Waals surface area contributed by atoms with Crippen LogP contribution in [0.3, 0.4) is 0 Å². The Bertz CT molecular complexity index is 870. The molecule has 0 aliphatic carbocycles. The monoisotopic (exact) mass is 448 g/mol. The van der Waals surface area contributed by atoms with Gasteiger partial charge in [-0.05, 0) is 43.0 Å². The quantitative estimate of drug-likeness (QED) is 0.483. The van der Waals surface area contributed by atoms with Crippen LogP contribution in [0, 0.1) is 6.92 Å². The second-order valence-corrected chi connectivity index (χ2v) is 8.34. The molecule has 1 N–H and O–H groups in total. The zero-order valence-corrected chi connectivity index (χ0v) is 19.4. The van der Waals surface area contributed by atoms with Gasteiger partial charge in [0.2, 0.25) is 11.8 Å². The molecule has 0 fully saturated rings. The first-order chi connectivity index (χ1) is 14.3. The number of hydrogen-bond acceptors (Lipinski definition) is 2. The average molecular weight is 449 g/mol. The topological polar surface area (TPSA) is 49.4 Å². The Morgan fingerprint density at radius 2 is 1.87 bits per heavy atom. The first kappa shape index (κ1) is 24.2. The highest BCUT2D eigenvalue weighted by molar-refractivity contribution is 6.35. The van der Waals surface area contributed by atoms with Crippen molar-refractivity contribution in [1.82, 2.24) is 10.2 Å². The zero-order chi connectivity index (χ0) is 22.1. The number of carbonyl (C=O) groups excluding carboxylic acids is 2. The Morgan fingerprint density at radius 3 is 2.50 bits per heavy atom. The van der Waals surface area contributed by atoms with Gasteiger partial charge in [-0.3, -0.25) is 9.59 Å². The fourth-order valence-corrected chi connectivity index (χ4v) is 3.84. The summed E-state index contributed by atoms with van der Waals surface area (Å²) < 4.78 is 0. The Labute approximate surface area is 189 Å². The van der Waals surface area contributed by atoms with Crippen LogP contribution >= 0.6 is 23.2 Å². The van der Waals surface area contributed by atoms with Crippen molar-refractivity contribution in [3.05, 3.63) is 69.2 Å². The van der Waals surface area contributed by atoms with E-state index in [2.05, 4.69) is 12.2 Å². The Balaban J connectivity index is 2.28. The van der Waals surface area contributed by atoms with E-state index in [1.807, 2.05) is 38.1 Å². The minimum absolute atomic E-state index is 0.112. The van der Waals surface area contributed by atoms with E-state index in [0.29, 0.717) is 35.1 Å². The van der Waals surface area contributed by atoms with Crippen molar-refractivity contribution in [2.45, 2.75) is 59.0 Å². The van der Waals surface area contributed by atoms with Gasteiger partial charge in [0.25, 0.3) is 0 Å². The maximum Gasteiger partial charge on any atom is 0.242 e. The van der Waals surface area contributed by atoms with Crippen LogP contribution in [-0.2, 0) is 22.6 Å². The summed E-state index contributed by atoms with van der Waals surface area (Å²) in [6, 6.07) is 12.6. The second kappa shape index (κ2) is 12.0. The number of hydrogen-bond donors (Lipinski definition) is 1. The zero-order valence-electron chi connectivity index (χ0n) is 17.9. The van der Waals surface area contributed by atoms with Crippen molar-refractivity contribution in [2.75, 3.05) is 6.54 Å². The largest absolute Gasteiger partial charge is 0.354 e. The summed E-state index contributed by atoms with van der Waals surface area (Å²) in [7, 11) is 0. The lowest BCUT2D eigenvalue weighted by atomic mass is 10.1. The summed E-state index contributed by atoms with van der Waals surface area (Å²) in [6.45, 7) is 6.99. The molecule has 1 atom stereocenters. The lowest BCUT2D eigenvalue weighted by Crippen LogP contribution is -2.49. The molecular formula is C24H30Cl2N2O2. The van der Waals surface area contributed by atoms with Crippen LogP contribution in [0.25, 0.3) is 0 Å². The number of nitrogens with one attached hydrogen (secondary N) is 1. The molecule has 0 aliphatic rings. The molecule has 2 aromatic rings. The molecule has 0 aliphatic heterocycles. The van der Waals surface area contributed by atoms with Crippen molar-refractivity contribution < 1.29 is 9.59 Å². The normalized spacial score (nSPS) is 11.8. The van der Waals surface area contributed by atoms with Crippen molar-refractivity contribution in [2.24, 2.45) is 0 Å². The van der Waals surface area contributed by atoms with Gasteiger partial charge >= 0.3 is 0 Å². The molecule has 2 amide bonds. The Morgan fingerprint density at radius 1 is 1.10 bits per heavy atom. The second-order valence-electron chi connectivity index (χ2n) is 7.49. The lowest BCUT2D eigenvalue weighted by Gasteiger charge is -2.31. The highest BCUT2D eigenvalue weighted by Gasteiger charge is 2.28. The summed E-state index contributed by atoms with van der Waals surface area (Å²) in [6.07, 6.45) is 2.55. The van der Waals surface area contributed by atoms with Crippen LogP contribution in [-0.4, -0.2) is 29.3 Å². The van der Waals surface area contributed by atoms with Crippen LogP contribution in [0.4, 0.5) is 0 Å². The number of halogens is 2. The molecule has 0 radical (unpaired) electrons. The number of carbonyl (C=O) groups is 2. The minimum Gasteiger partial charge on any atom is -0.354 e. The van der Waals surface area contributed by atoms with Crippen LogP contribution in [0.1, 0.15) is 49.8 Å². The van der Waals surface area contributed by atoms with Crippen molar-refractivity contribution in [3.63, 3.8) is 0 Å². The fraction of sp³-hybridized carbons (Fsp3) is 0.417. The third kappa shape index (κ3) is 7.03. The van der Waals surface area contributed by atoms with E-state index in [1.54, 1.807) is 23.1 Å². The molecule has 2 rings (SSSR count). The number of unbranched alkanes of at least 4 members (excludes halogenated alkanes) is 1. The van der Waals surface area contributed by atoms with Crippen LogP contribution in [0.2, 0.25) is 10.0 Å². The van der Waals surface area contributed by atoms with Gasteiger partial charge in [-0.25, -0.2) is 0 Å². The molecule has 30 heavy (non-hydrogen) atoms. The van der Waals surface area contributed by atoms with Gasteiger partial charge in [0, 0.05) is 23.1 Å². The molecule has 0 saturated carbocycles. The van der Waals surface area contributed by atoms with Crippen LogP contribution in [0.5, 0.6) is 0 Å². The van der Waals surface area contributed by atoms with Crippen molar-refractivity contribution >= 4 is 35.0 Å². The minimum atomic E-state index is -0.541. The first-order valence-electron chi connectivity index (χ1n) is 10.4. The van der Waals surface area contributed by atoms with E-state index in [0.717, 1.165) is 24.0 Å². The van der Waals surface area contributed by atoms with E-state index in [1.165, 1.54) is 0 Å². The standard InChI is InChI=1S/C24H30Cl2N2O2/c1-4-6-12-27-24(30)22(5-2)28(16-18-9-7-8-17(3)13-18)23(29)14-19-10-11-20(25)15-21(19)26/h7-11,13,15,22H,4-6,12,14,16H2,1-3H3,(H,27,30). The van der Waals surface area contributed by atoms with Gasteiger partial charge in [0.15, 0.2) is 0 Å². The SMILES string of the molecule is CCCCNC(=O)C(CC)N(Cc1cccc(C)c1)C(=O)Cc1ccc(Cl)cc1Cl. The van der Waals surface area contributed by atoms with Crippen LogP contribution < -0.4 is 5.32 Å². The number of amides is 2. The van der Waals surface area contributed by atoms with Crippen LogP contribution in [0.15, 0.2) is 42.5 Å². The Hall–Kier alpha value is -2.04. The number of rotatable bonds is 10.